The number of nitrogens with zero attached hydrogens (tertiary/aromatic N) is 2. The first-order valence-corrected chi connectivity index (χ1v) is 10.5. The van der Waals surface area contributed by atoms with E-state index in [1.54, 1.807) is 18.2 Å². The summed E-state index contributed by atoms with van der Waals surface area (Å²) in [6.07, 6.45) is 1.52. The van der Waals surface area contributed by atoms with E-state index in [9.17, 15) is 9.59 Å². The predicted molar refractivity (Wildman–Crippen MR) is 127 cm³/mol. The second-order valence-corrected chi connectivity index (χ2v) is 7.64. The van der Waals surface area contributed by atoms with E-state index in [2.05, 4.69) is 20.4 Å². The number of benzene rings is 2. The molecule has 0 fully saturated rings. The maximum absolute atomic E-state index is 12.1. The quantitative estimate of drug-likeness (QED) is 0.327. The van der Waals surface area contributed by atoms with Gasteiger partial charge in [-0.1, -0.05) is 17.7 Å². The largest absolute Gasteiger partial charge is 0.494 e. The van der Waals surface area contributed by atoms with Gasteiger partial charge in [-0.2, -0.15) is 5.10 Å². The summed E-state index contributed by atoms with van der Waals surface area (Å²) < 4.78 is 7.57. The zero-order chi connectivity index (χ0) is 23.3. The van der Waals surface area contributed by atoms with Gasteiger partial charge in [0.2, 0.25) is 0 Å². The second-order valence-electron chi connectivity index (χ2n) is 7.20. The molecule has 32 heavy (non-hydrogen) atoms. The zero-order valence-corrected chi connectivity index (χ0v) is 19.2. The first kappa shape index (κ1) is 23.1. The van der Waals surface area contributed by atoms with Gasteiger partial charge in [0, 0.05) is 33.3 Å². The molecule has 0 unspecified atom stereocenters. The van der Waals surface area contributed by atoms with Gasteiger partial charge in [0.1, 0.15) is 5.75 Å². The first-order chi connectivity index (χ1) is 15.3. The normalized spacial score (nSPS) is 10.9. The van der Waals surface area contributed by atoms with Crippen molar-refractivity contribution < 1.29 is 14.3 Å². The topological polar surface area (TPSA) is 84.7 Å². The molecule has 0 saturated carbocycles. The van der Waals surface area contributed by atoms with Gasteiger partial charge in [0.05, 0.1) is 12.8 Å². The third kappa shape index (κ3) is 5.36. The van der Waals surface area contributed by atoms with Crippen molar-refractivity contribution >= 4 is 35.3 Å². The molecule has 0 aliphatic carbocycles. The minimum atomic E-state index is -0.874. The van der Waals surface area contributed by atoms with Crippen LogP contribution in [0.1, 0.15) is 29.4 Å². The fourth-order valence-corrected chi connectivity index (χ4v) is 3.47. The van der Waals surface area contributed by atoms with E-state index < -0.39 is 11.8 Å². The fraction of sp³-hybridized carbons (Fsp3) is 0.208. The van der Waals surface area contributed by atoms with Crippen molar-refractivity contribution in [3.8, 4) is 11.4 Å². The second kappa shape index (κ2) is 10.2. The number of amides is 2. The fourth-order valence-electron chi connectivity index (χ4n) is 3.29. The number of halogens is 1. The number of aryl methyl sites for hydroxylation is 2. The standard InChI is InChI=1S/C24H25ClN4O3/c1-5-32-21-10-8-20(9-11-21)29-16(3)12-18(17(29)4)14-26-28-24(31)23(30)27-22-13-19(25)7-6-15(22)2/h6-14H,5H2,1-4H3,(H,27,30)(H,28,31)/b26-14-. The minimum absolute atomic E-state index is 0.465. The number of carbonyl (C=O) groups is 2. The Labute approximate surface area is 192 Å². The van der Waals surface area contributed by atoms with Gasteiger partial charge in [-0.3, -0.25) is 9.59 Å². The lowest BCUT2D eigenvalue weighted by Gasteiger charge is -2.11. The molecular formula is C24H25ClN4O3. The summed E-state index contributed by atoms with van der Waals surface area (Å²) in [5.41, 5.74) is 7.29. The maximum atomic E-state index is 12.1. The summed E-state index contributed by atoms with van der Waals surface area (Å²) in [5, 5.41) is 6.95. The van der Waals surface area contributed by atoms with Crippen molar-refractivity contribution in [1.29, 1.82) is 0 Å². The Hall–Kier alpha value is -3.58. The average molecular weight is 453 g/mol. The minimum Gasteiger partial charge on any atom is -0.494 e. The van der Waals surface area contributed by atoms with E-state index in [4.69, 9.17) is 16.3 Å². The number of carbonyl (C=O) groups excluding carboxylic acids is 2. The van der Waals surface area contributed by atoms with Gasteiger partial charge < -0.3 is 14.6 Å². The Morgan fingerprint density at radius 2 is 1.78 bits per heavy atom. The third-order valence-electron chi connectivity index (χ3n) is 4.90. The van der Waals surface area contributed by atoms with Gasteiger partial charge in [0.15, 0.2) is 0 Å². The Bertz CT molecular complexity index is 1170. The number of anilines is 1. The van der Waals surface area contributed by atoms with Crippen LogP contribution in [-0.2, 0) is 9.59 Å². The summed E-state index contributed by atoms with van der Waals surface area (Å²) in [7, 11) is 0. The van der Waals surface area contributed by atoms with Crippen LogP contribution in [0.3, 0.4) is 0 Å². The summed E-state index contributed by atoms with van der Waals surface area (Å²) >= 11 is 5.94. The molecule has 3 rings (SSSR count). The molecule has 0 spiro atoms. The van der Waals surface area contributed by atoms with Gasteiger partial charge in [-0.05, 0) is 75.7 Å². The van der Waals surface area contributed by atoms with Crippen molar-refractivity contribution in [2.45, 2.75) is 27.7 Å². The highest BCUT2D eigenvalue weighted by Crippen LogP contribution is 2.22. The molecule has 166 valence electrons. The van der Waals surface area contributed by atoms with E-state index in [0.717, 1.165) is 34.0 Å². The molecule has 7 nitrogen and oxygen atoms in total. The highest BCUT2D eigenvalue weighted by Gasteiger charge is 2.15. The molecular weight excluding hydrogens is 428 g/mol. The van der Waals surface area contributed by atoms with E-state index >= 15 is 0 Å². The Balaban J connectivity index is 1.67. The lowest BCUT2D eigenvalue weighted by molar-refractivity contribution is -0.136. The van der Waals surface area contributed by atoms with E-state index in [1.807, 2.05) is 58.0 Å². The summed E-state index contributed by atoms with van der Waals surface area (Å²) in [5.74, 6) is -0.886. The monoisotopic (exact) mass is 452 g/mol. The lowest BCUT2D eigenvalue weighted by atomic mass is 10.2. The summed E-state index contributed by atoms with van der Waals surface area (Å²) in [6, 6.07) is 14.8. The number of rotatable bonds is 6. The lowest BCUT2D eigenvalue weighted by Crippen LogP contribution is -2.32. The predicted octanol–water partition coefficient (Wildman–Crippen LogP) is 4.54. The zero-order valence-electron chi connectivity index (χ0n) is 18.4. The molecule has 2 N–H and O–H groups in total. The van der Waals surface area contributed by atoms with Gasteiger partial charge in [-0.15, -0.1) is 0 Å². The average Bonchev–Trinajstić information content (AvgIpc) is 3.04. The van der Waals surface area contributed by atoms with Crippen LogP contribution in [0.2, 0.25) is 5.02 Å². The molecule has 0 aliphatic rings. The number of hydrogen-bond acceptors (Lipinski definition) is 4. The number of hydrazone groups is 1. The third-order valence-corrected chi connectivity index (χ3v) is 5.14. The van der Waals surface area contributed by atoms with Crippen LogP contribution in [0.5, 0.6) is 5.75 Å². The molecule has 0 aliphatic heterocycles. The molecule has 0 saturated heterocycles. The van der Waals surface area contributed by atoms with Crippen LogP contribution in [0, 0.1) is 20.8 Å². The molecule has 8 heteroatoms. The van der Waals surface area contributed by atoms with Crippen LogP contribution >= 0.6 is 11.6 Å². The van der Waals surface area contributed by atoms with Crippen LogP contribution in [-0.4, -0.2) is 29.2 Å². The van der Waals surface area contributed by atoms with Gasteiger partial charge in [-0.25, -0.2) is 5.43 Å². The Morgan fingerprint density at radius 1 is 1.06 bits per heavy atom. The van der Waals surface area contributed by atoms with Crippen LogP contribution in [0.15, 0.2) is 53.6 Å². The Morgan fingerprint density at radius 3 is 2.47 bits per heavy atom. The smallest absolute Gasteiger partial charge is 0.329 e. The maximum Gasteiger partial charge on any atom is 0.329 e. The van der Waals surface area contributed by atoms with E-state index in [1.165, 1.54) is 6.21 Å². The van der Waals surface area contributed by atoms with E-state index in [-0.39, 0.29) is 0 Å². The van der Waals surface area contributed by atoms with Crippen molar-refractivity contribution in [2.24, 2.45) is 5.10 Å². The molecule has 0 atom stereocenters. The molecule has 1 aromatic heterocycles. The number of aromatic nitrogens is 1. The molecule has 2 amide bonds. The number of ether oxygens (including phenoxy) is 1. The van der Waals surface area contributed by atoms with Gasteiger partial charge >= 0.3 is 11.8 Å². The Kier molecular flexibility index (Phi) is 7.33. The molecule has 0 bridgehead atoms. The molecule has 2 aromatic carbocycles. The first-order valence-electron chi connectivity index (χ1n) is 10.1. The van der Waals surface area contributed by atoms with E-state index in [0.29, 0.717) is 17.3 Å². The molecule has 3 aromatic rings. The number of nitrogens with one attached hydrogen (secondary N) is 2. The van der Waals surface area contributed by atoms with Crippen molar-refractivity contribution in [3.05, 3.63) is 76.1 Å². The van der Waals surface area contributed by atoms with Crippen LogP contribution in [0.25, 0.3) is 5.69 Å². The van der Waals surface area contributed by atoms with Crippen LogP contribution < -0.4 is 15.5 Å². The highest BCUT2D eigenvalue weighted by atomic mass is 35.5. The van der Waals surface area contributed by atoms with Crippen molar-refractivity contribution in [3.63, 3.8) is 0 Å². The van der Waals surface area contributed by atoms with Gasteiger partial charge in [0.25, 0.3) is 0 Å². The summed E-state index contributed by atoms with van der Waals surface area (Å²) in [4.78, 5) is 24.3. The number of hydrogen-bond donors (Lipinski definition) is 2. The SMILES string of the molecule is CCOc1ccc(-n2c(C)cc(/C=N\NC(=O)C(=O)Nc3cc(Cl)ccc3C)c2C)cc1. The summed E-state index contributed by atoms with van der Waals surface area (Å²) in [6.45, 7) is 8.31. The molecule has 0 radical (unpaired) electrons. The van der Waals surface area contributed by atoms with Crippen LogP contribution in [0.4, 0.5) is 5.69 Å². The highest BCUT2D eigenvalue weighted by molar-refractivity contribution is 6.40. The molecule has 1 heterocycles. The van der Waals surface area contributed by atoms with Crippen molar-refractivity contribution in [1.82, 2.24) is 9.99 Å². The van der Waals surface area contributed by atoms with Crippen molar-refractivity contribution in [2.75, 3.05) is 11.9 Å².